The van der Waals surface area contributed by atoms with Crippen molar-refractivity contribution in [2.75, 3.05) is 0 Å². The zero-order chi connectivity index (χ0) is 6.69. The molecule has 1 aromatic carbocycles. The van der Waals surface area contributed by atoms with Crippen LogP contribution in [-0.2, 0) is 0 Å². The van der Waals surface area contributed by atoms with E-state index in [1.54, 1.807) is 0 Å². The van der Waals surface area contributed by atoms with Crippen molar-refractivity contribution in [1.82, 2.24) is 0 Å². The Kier molecular flexibility index (Phi) is 9.14. The smallest absolute Gasteiger partial charge is 1.00 e. The molecule has 11 heavy (non-hydrogen) atoms. The molecule has 0 saturated carbocycles. The quantitative estimate of drug-likeness (QED) is 0.352. The minimum absolute atomic E-state index is 0. The van der Waals surface area contributed by atoms with Crippen molar-refractivity contribution in [2.24, 2.45) is 0 Å². The summed E-state index contributed by atoms with van der Waals surface area (Å²) >= 11 is 0. The third kappa shape index (κ3) is 4.85. The van der Waals surface area contributed by atoms with Crippen LogP contribution in [0.25, 0.3) is 0 Å². The molecule has 0 saturated heterocycles. The van der Waals surface area contributed by atoms with E-state index in [4.69, 9.17) is 0 Å². The van der Waals surface area contributed by atoms with Crippen LogP contribution in [0.15, 0.2) is 24.3 Å². The Morgan fingerprint density at radius 1 is 1.18 bits per heavy atom. The van der Waals surface area contributed by atoms with Crippen LogP contribution in [0, 0.1) is 6.07 Å². The van der Waals surface area contributed by atoms with Gasteiger partial charge in [0, 0.05) is 8.80 Å². The Labute approximate surface area is 92.6 Å². The number of halogens is 1. The first kappa shape index (κ1) is 14.0. The summed E-state index contributed by atoms with van der Waals surface area (Å²) in [5.74, 6) is 0. The van der Waals surface area contributed by atoms with Crippen LogP contribution in [0.3, 0.4) is 0 Å². The number of hydrogen-bond acceptors (Lipinski definition) is 0. The maximum atomic E-state index is 3.01. The van der Waals surface area contributed by atoms with E-state index >= 15 is 0 Å². The summed E-state index contributed by atoms with van der Waals surface area (Å²) in [5.41, 5.74) is 0. The van der Waals surface area contributed by atoms with E-state index in [-0.39, 0.29) is 35.5 Å². The molecule has 1 aromatic rings. The second-order valence-electron chi connectivity index (χ2n) is 2.49. The number of rotatable bonds is 1. The number of hydrogen-bond donors (Lipinski definition) is 0. The summed E-state index contributed by atoms with van der Waals surface area (Å²) < 4.78 is 0. The van der Waals surface area contributed by atoms with Crippen molar-refractivity contribution in [3.05, 3.63) is 30.3 Å². The molecule has 0 nitrogen and oxygen atoms in total. The van der Waals surface area contributed by atoms with Crippen molar-refractivity contribution in [3.63, 3.8) is 0 Å². The molecule has 0 amide bonds. The molecule has 0 spiro atoms. The van der Waals surface area contributed by atoms with Gasteiger partial charge in [-0.15, -0.1) is 0 Å². The average Bonchev–Trinajstić information content (AvgIpc) is 1.90. The third-order valence-corrected chi connectivity index (χ3v) is 3.13. The second-order valence-corrected chi connectivity index (χ2v) is 5.46. The van der Waals surface area contributed by atoms with E-state index in [0.29, 0.717) is 0 Å². The van der Waals surface area contributed by atoms with Gasteiger partial charge in [-0.25, -0.2) is 0 Å². The van der Waals surface area contributed by atoms with Gasteiger partial charge in [-0.2, -0.15) is 35.5 Å². The summed E-state index contributed by atoms with van der Waals surface area (Å²) in [6, 6.07) is 11.3. The molecule has 0 N–H and O–H groups in total. The molecule has 0 aliphatic rings. The van der Waals surface area contributed by atoms with Gasteiger partial charge in [0.1, 0.15) is 0 Å². The maximum absolute atomic E-state index is 3.01. The standard InChI is InChI=1S/C8H11Si.ClH.Mg/c1-9(2)8-6-4-3-5-7-8;;/h4-7,9H,1-2H3;1H;/q-1;;+2/p-1. The van der Waals surface area contributed by atoms with Crippen molar-refractivity contribution in [3.8, 4) is 0 Å². The van der Waals surface area contributed by atoms with Crippen LogP contribution in [0.4, 0.5) is 0 Å². The second kappa shape index (κ2) is 7.16. The van der Waals surface area contributed by atoms with Crippen LogP contribution < -0.4 is 17.6 Å². The van der Waals surface area contributed by atoms with E-state index < -0.39 is 8.80 Å². The van der Waals surface area contributed by atoms with Gasteiger partial charge in [-0.05, 0) is 0 Å². The van der Waals surface area contributed by atoms with Crippen LogP contribution in [0.5, 0.6) is 0 Å². The van der Waals surface area contributed by atoms with Crippen molar-refractivity contribution in [1.29, 1.82) is 0 Å². The Hall–Kier alpha value is 0.493. The predicted molar refractivity (Wildman–Crippen MR) is 49.5 cm³/mol. The van der Waals surface area contributed by atoms with E-state index in [0.717, 1.165) is 0 Å². The first-order valence-corrected chi connectivity index (χ1v) is 6.15. The summed E-state index contributed by atoms with van der Waals surface area (Å²) in [6.07, 6.45) is 0. The van der Waals surface area contributed by atoms with Crippen LogP contribution in [0.1, 0.15) is 0 Å². The molecule has 3 heteroatoms. The minimum atomic E-state index is -0.549. The fourth-order valence-electron chi connectivity index (χ4n) is 0.785. The molecule has 0 bridgehead atoms. The van der Waals surface area contributed by atoms with Gasteiger partial charge < -0.3 is 12.4 Å². The first-order chi connectivity index (χ1) is 4.30. The van der Waals surface area contributed by atoms with E-state index in [1.165, 1.54) is 5.19 Å². The Bertz CT molecular complexity index is 177. The fraction of sp³-hybridized carbons (Fsp3) is 0.250. The van der Waals surface area contributed by atoms with Gasteiger partial charge in [0.2, 0.25) is 0 Å². The van der Waals surface area contributed by atoms with Gasteiger partial charge in [-0.3, -0.25) is 0 Å². The summed E-state index contributed by atoms with van der Waals surface area (Å²) in [7, 11) is -0.549. The molecule has 0 atom stereocenters. The van der Waals surface area contributed by atoms with E-state index in [9.17, 15) is 0 Å². The predicted octanol–water partition coefficient (Wildman–Crippen LogP) is -2.20. The molecule has 0 aliphatic carbocycles. The van der Waals surface area contributed by atoms with Crippen molar-refractivity contribution >= 4 is 37.0 Å². The van der Waals surface area contributed by atoms with Crippen LogP contribution >= 0.6 is 0 Å². The van der Waals surface area contributed by atoms with Crippen LogP contribution in [0.2, 0.25) is 13.1 Å². The summed E-state index contributed by atoms with van der Waals surface area (Å²) in [5, 5.41) is 1.52. The van der Waals surface area contributed by atoms with E-state index in [2.05, 4.69) is 31.3 Å². The van der Waals surface area contributed by atoms with Crippen molar-refractivity contribution in [2.45, 2.75) is 13.1 Å². The Balaban J connectivity index is 0. The van der Waals surface area contributed by atoms with Crippen molar-refractivity contribution < 1.29 is 12.4 Å². The van der Waals surface area contributed by atoms with Gasteiger partial charge in [0.05, 0.1) is 0 Å². The topological polar surface area (TPSA) is 0 Å². The Morgan fingerprint density at radius 2 is 1.64 bits per heavy atom. The first-order valence-electron chi connectivity index (χ1n) is 3.26. The molecule has 0 unspecified atom stereocenters. The van der Waals surface area contributed by atoms with Gasteiger partial charge in [-0.1, -0.05) is 13.1 Å². The average molecular weight is 195 g/mol. The molecular weight excluding hydrogens is 184 g/mol. The largest absolute Gasteiger partial charge is 2.00 e. The maximum Gasteiger partial charge on any atom is 2.00 e. The Morgan fingerprint density at radius 3 is 1.91 bits per heavy atom. The monoisotopic (exact) mass is 194 g/mol. The third-order valence-electron chi connectivity index (χ3n) is 1.41. The molecule has 0 aromatic heterocycles. The number of benzene rings is 1. The van der Waals surface area contributed by atoms with Gasteiger partial charge in [0.25, 0.3) is 0 Å². The minimum Gasteiger partial charge on any atom is -1.00 e. The summed E-state index contributed by atoms with van der Waals surface area (Å²) in [4.78, 5) is 0. The van der Waals surface area contributed by atoms with Gasteiger partial charge >= 0.3 is 23.1 Å². The normalized spacial score (nSPS) is 8.27. The molecule has 56 valence electrons. The summed E-state index contributed by atoms with van der Waals surface area (Å²) in [6.45, 7) is 4.66. The molecule has 0 radical (unpaired) electrons. The van der Waals surface area contributed by atoms with Gasteiger partial charge in [0.15, 0.2) is 0 Å². The molecule has 1 rings (SSSR count). The van der Waals surface area contributed by atoms with Crippen LogP contribution in [-0.4, -0.2) is 31.8 Å². The fourth-order valence-corrected chi connectivity index (χ4v) is 1.75. The molecule has 0 heterocycles. The molecule has 0 aliphatic heterocycles. The SMILES string of the molecule is C[SiH](C)c1cc[c-]cc1.[Cl-].[Mg+2]. The zero-order valence-corrected chi connectivity index (χ0v) is 10.3. The zero-order valence-electron chi connectivity index (χ0n) is 6.97. The molecular formula is C8H11ClMgSi. The molecule has 0 fully saturated rings. The van der Waals surface area contributed by atoms with E-state index in [1.807, 2.05) is 12.1 Å².